The van der Waals surface area contributed by atoms with Crippen molar-refractivity contribution in [1.29, 1.82) is 0 Å². The smallest absolute Gasteiger partial charge is 0.333 e. The molecule has 0 aromatic rings. The lowest BCUT2D eigenvalue weighted by Gasteiger charge is -2.18. The predicted molar refractivity (Wildman–Crippen MR) is 62.7 cm³/mol. The number of hydrogen-bond acceptors (Lipinski definition) is 3. The molecule has 0 spiro atoms. The van der Waals surface area contributed by atoms with Gasteiger partial charge in [0, 0.05) is 18.7 Å². The van der Waals surface area contributed by atoms with E-state index in [1.807, 2.05) is 13.0 Å². The summed E-state index contributed by atoms with van der Waals surface area (Å²) in [5, 5.41) is 3.28. The minimum absolute atomic E-state index is 0.227. The second kappa shape index (κ2) is 6.62. The van der Waals surface area contributed by atoms with Crippen molar-refractivity contribution in [1.82, 2.24) is 5.32 Å². The van der Waals surface area contributed by atoms with Crippen LogP contribution in [-0.4, -0.2) is 26.2 Å². The number of hydrogen-bond donors (Lipinski definition) is 1. The molecular formula is C12H23NO2. The van der Waals surface area contributed by atoms with E-state index in [0.29, 0.717) is 6.42 Å². The van der Waals surface area contributed by atoms with Crippen molar-refractivity contribution < 1.29 is 9.53 Å². The Morgan fingerprint density at radius 2 is 2.00 bits per heavy atom. The Kier molecular flexibility index (Phi) is 6.25. The number of carbonyl (C=O) groups is 1. The van der Waals surface area contributed by atoms with E-state index in [-0.39, 0.29) is 11.4 Å². The van der Waals surface area contributed by atoms with E-state index < -0.39 is 0 Å². The zero-order valence-electron chi connectivity index (χ0n) is 10.5. The van der Waals surface area contributed by atoms with Crippen molar-refractivity contribution in [3.63, 3.8) is 0 Å². The number of ether oxygens (including phenoxy) is 1. The van der Waals surface area contributed by atoms with Gasteiger partial charge >= 0.3 is 5.97 Å². The molecule has 0 bridgehead atoms. The summed E-state index contributed by atoms with van der Waals surface area (Å²) in [5.74, 6) is -0.227. The summed E-state index contributed by atoms with van der Waals surface area (Å²) < 4.78 is 4.67. The zero-order valence-corrected chi connectivity index (χ0v) is 10.5. The molecule has 0 aliphatic carbocycles. The molecule has 0 amide bonds. The molecule has 0 rings (SSSR count). The van der Waals surface area contributed by atoms with Crippen LogP contribution >= 0.6 is 0 Å². The molecule has 15 heavy (non-hydrogen) atoms. The van der Waals surface area contributed by atoms with Gasteiger partial charge in [-0.05, 0) is 11.8 Å². The monoisotopic (exact) mass is 213 g/mol. The fourth-order valence-electron chi connectivity index (χ4n) is 1.15. The molecule has 88 valence electrons. The van der Waals surface area contributed by atoms with E-state index in [0.717, 1.165) is 18.7 Å². The number of nitrogens with one attached hydrogen (secondary N) is 1. The maximum Gasteiger partial charge on any atom is 0.333 e. The summed E-state index contributed by atoms with van der Waals surface area (Å²) in [4.78, 5) is 11.2. The summed E-state index contributed by atoms with van der Waals surface area (Å²) in [5.41, 5.74) is 1.00. The van der Waals surface area contributed by atoms with Gasteiger partial charge in [0.25, 0.3) is 0 Å². The minimum atomic E-state index is -0.227. The van der Waals surface area contributed by atoms with Gasteiger partial charge in [-0.15, -0.1) is 0 Å². The highest BCUT2D eigenvalue weighted by Crippen LogP contribution is 2.10. The van der Waals surface area contributed by atoms with Gasteiger partial charge in [0.1, 0.15) is 0 Å². The first-order valence-electron chi connectivity index (χ1n) is 5.38. The molecule has 3 heteroatoms. The minimum Gasteiger partial charge on any atom is -0.466 e. The molecule has 3 nitrogen and oxygen atoms in total. The van der Waals surface area contributed by atoms with Gasteiger partial charge in [-0.25, -0.2) is 4.79 Å². The third-order valence-corrected chi connectivity index (χ3v) is 1.98. The van der Waals surface area contributed by atoms with Gasteiger partial charge in [-0.2, -0.15) is 0 Å². The SMILES string of the molecule is CCC(=CCNCC(C)(C)C)C(=O)OC. The van der Waals surface area contributed by atoms with Crippen LogP contribution < -0.4 is 5.32 Å². The van der Waals surface area contributed by atoms with Crippen LogP contribution in [-0.2, 0) is 9.53 Å². The Hall–Kier alpha value is -0.830. The summed E-state index contributed by atoms with van der Waals surface area (Å²) >= 11 is 0. The summed E-state index contributed by atoms with van der Waals surface area (Å²) in [6.07, 6.45) is 2.61. The number of carbonyl (C=O) groups excluding carboxylic acids is 1. The molecule has 0 aromatic heterocycles. The van der Waals surface area contributed by atoms with Gasteiger partial charge in [-0.1, -0.05) is 33.8 Å². The average Bonchev–Trinajstić information content (AvgIpc) is 2.15. The standard InChI is InChI=1S/C12H23NO2/c1-6-10(11(14)15-5)7-8-13-9-12(2,3)4/h7,13H,6,8-9H2,1-5H3. The fraction of sp³-hybridized carbons (Fsp3) is 0.750. The van der Waals surface area contributed by atoms with Crippen molar-refractivity contribution in [3.05, 3.63) is 11.6 Å². The van der Waals surface area contributed by atoms with E-state index >= 15 is 0 Å². The molecule has 0 aliphatic rings. The Balaban J connectivity index is 3.98. The molecular weight excluding hydrogens is 190 g/mol. The van der Waals surface area contributed by atoms with Gasteiger partial charge < -0.3 is 10.1 Å². The van der Waals surface area contributed by atoms with E-state index in [1.165, 1.54) is 7.11 Å². The van der Waals surface area contributed by atoms with Crippen molar-refractivity contribution in [3.8, 4) is 0 Å². The third-order valence-electron chi connectivity index (χ3n) is 1.98. The highest BCUT2D eigenvalue weighted by atomic mass is 16.5. The summed E-state index contributed by atoms with van der Waals surface area (Å²) in [7, 11) is 1.41. The number of esters is 1. The van der Waals surface area contributed by atoms with Gasteiger partial charge in [-0.3, -0.25) is 0 Å². The van der Waals surface area contributed by atoms with Crippen LogP contribution in [0.25, 0.3) is 0 Å². The second-order valence-electron chi connectivity index (χ2n) is 4.77. The van der Waals surface area contributed by atoms with Gasteiger partial charge in [0.2, 0.25) is 0 Å². The Labute approximate surface area is 92.9 Å². The summed E-state index contributed by atoms with van der Waals surface area (Å²) in [6, 6.07) is 0. The molecule has 0 radical (unpaired) electrons. The molecule has 0 aliphatic heterocycles. The first-order valence-corrected chi connectivity index (χ1v) is 5.38. The fourth-order valence-corrected chi connectivity index (χ4v) is 1.15. The first kappa shape index (κ1) is 14.2. The van der Waals surface area contributed by atoms with Crippen LogP contribution in [0.2, 0.25) is 0 Å². The maximum atomic E-state index is 11.2. The Bertz CT molecular complexity index is 226. The third kappa shape index (κ3) is 7.14. The molecule has 0 atom stereocenters. The van der Waals surface area contributed by atoms with Crippen LogP contribution in [0.15, 0.2) is 11.6 Å². The average molecular weight is 213 g/mol. The normalized spacial score (nSPS) is 12.7. The first-order chi connectivity index (χ1) is 6.90. The molecule has 0 unspecified atom stereocenters. The highest BCUT2D eigenvalue weighted by molar-refractivity contribution is 5.88. The van der Waals surface area contributed by atoms with Crippen LogP contribution in [0.1, 0.15) is 34.1 Å². The topological polar surface area (TPSA) is 38.3 Å². The van der Waals surface area contributed by atoms with Crippen LogP contribution in [0.4, 0.5) is 0 Å². The maximum absolute atomic E-state index is 11.2. The molecule has 0 fully saturated rings. The molecule has 0 saturated carbocycles. The van der Waals surface area contributed by atoms with Crippen molar-refractivity contribution >= 4 is 5.97 Å². The lowest BCUT2D eigenvalue weighted by atomic mass is 9.97. The molecule has 1 N–H and O–H groups in total. The number of methoxy groups -OCH3 is 1. The van der Waals surface area contributed by atoms with E-state index in [4.69, 9.17) is 0 Å². The van der Waals surface area contributed by atoms with Gasteiger partial charge in [0.15, 0.2) is 0 Å². The van der Waals surface area contributed by atoms with E-state index in [2.05, 4.69) is 30.8 Å². The Morgan fingerprint density at radius 1 is 1.40 bits per heavy atom. The lowest BCUT2D eigenvalue weighted by Crippen LogP contribution is -2.27. The van der Waals surface area contributed by atoms with E-state index in [1.54, 1.807) is 0 Å². The molecule has 0 aromatic carbocycles. The predicted octanol–water partition coefficient (Wildman–Crippen LogP) is 2.13. The summed E-state index contributed by atoms with van der Waals surface area (Å²) in [6.45, 7) is 10.1. The van der Waals surface area contributed by atoms with Crippen LogP contribution in [0, 0.1) is 5.41 Å². The van der Waals surface area contributed by atoms with Crippen molar-refractivity contribution in [2.75, 3.05) is 20.2 Å². The molecule has 0 heterocycles. The quantitative estimate of drug-likeness (QED) is 0.432. The largest absolute Gasteiger partial charge is 0.466 e. The highest BCUT2D eigenvalue weighted by Gasteiger charge is 2.09. The lowest BCUT2D eigenvalue weighted by molar-refractivity contribution is -0.136. The van der Waals surface area contributed by atoms with Gasteiger partial charge in [0.05, 0.1) is 7.11 Å². The van der Waals surface area contributed by atoms with Crippen molar-refractivity contribution in [2.45, 2.75) is 34.1 Å². The van der Waals surface area contributed by atoms with E-state index in [9.17, 15) is 4.79 Å². The van der Waals surface area contributed by atoms with Crippen LogP contribution in [0.3, 0.4) is 0 Å². The Morgan fingerprint density at radius 3 is 2.40 bits per heavy atom. The molecule has 0 saturated heterocycles. The van der Waals surface area contributed by atoms with Crippen molar-refractivity contribution in [2.24, 2.45) is 5.41 Å². The number of rotatable bonds is 5. The van der Waals surface area contributed by atoms with Crippen LogP contribution in [0.5, 0.6) is 0 Å². The second-order valence-corrected chi connectivity index (χ2v) is 4.77. The zero-order chi connectivity index (χ0) is 11.9.